The van der Waals surface area contributed by atoms with E-state index in [9.17, 15) is 27.2 Å². The third kappa shape index (κ3) is 6.19. The van der Waals surface area contributed by atoms with Gasteiger partial charge in [-0.1, -0.05) is 0 Å². The predicted octanol–water partition coefficient (Wildman–Crippen LogP) is 4.43. The second-order valence-electron chi connectivity index (χ2n) is 9.30. The zero-order valence-corrected chi connectivity index (χ0v) is 20.7. The Kier molecular flexibility index (Phi) is 7.50. The number of nitrogens with zero attached hydrogens (tertiary/aromatic N) is 4. The number of anilines is 1. The minimum Gasteiger partial charge on any atom is -0.445 e. The standard InChI is InChI=1S/C23H20F6N6O4/c1-20(2,3)39-19(37)34-18-35-21(4,22(25,26)17(38-18)23(27,28)29)15-12(24)6-8-14(32-15)33-16(36)13-7-5-11(9-30)10-31-13/h5-8,10,17H,1-4H3,(H,32,33,36)(H,34,35,37)/t17-,21-/m1/s1. The maximum Gasteiger partial charge on any atom is 0.431 e. The Morgan fingerprint density at radius 3 is 2.33 bits per heavy atom. The molecule has 0 fully saturated rings. The van der Waals surface area contributed by atoms with E-state index < -0.39 is 64.7 Å². The summed E-state index contributed by atoms with van der Waals surface area (Å²) in [6.07, 6.45) is -9.88. The van der Waals surface area contributed by atoms with Crippen LogP contribution in [0.3, 0.4) is 0 Å². The highest BCUT2D eigenvalue weighted by Gasteiger charge is 2.71. The molecule has 16 heteroatoms. The number of alkyl halides is 5. The normalized spacial score (nSPS) is 20.6. The van der Waals surface area contributed by atoms with Gasteiger partial charge in [-0.2, -0.15) is 27.2 Å². The van der Waals surface area contributed by atoms with E-state index in [4.69, 9.17) is 10.00 Å². The van der Waals surface area contributed by atoms with Crippen molar-refractivity contribution in [2.24, 2.45) is 4.99 Å². The van der Waals surface area contributed by atoms with E-state index in [1.165, 1.54) is 32.9 Å². The van der Waals surface area contributed by atoms with Gasteiger partial charge in [-0.05, 0) is 52.0 Å². The average molecular weight is 558 g/mol. The van der Waals surface area contributed by atoms with Gasteiger partial charge in [0.1, 0.15) is 34.7 Å². The predicted molar refractivity (Wildman–Crippen MR) is 121 cm³/mol. The number of aliphatic imine (C=N–C) groups is 1. The summed E-state index contributed by atoms with van der Waals surface area (Å²) in [4.78, 5) is 35.3. The van der Waals surface area contributed by atoms with Crippen molar-refractivity contribution in [3.05, 3.63) is 53.2 Å². The van der Waals surface area contributed by atoms with Gasteiger partial charge in [0.2, 0.25) is 0 Å². The van der Waals surface area contributed by atoms with Crippen LogP contribution < -0.4 is 10.6 Å². The summed E-state index contributed by atoms with van der Waals surface area (Å²) in [6.45, 7) is 4.75. The number of hydrogen-bond acceptors (Lipinski definition) is 8. The van der Waals surface area contributed by atoms with E-state index in [0.29, 0.717) is 13.0 Å². The molecule has 0 bridgehead atoms. The van der Waals surface area contributed by atoms with Gasteiger partial charge in [-0.3, -0.25) is 4.79 Å². The molecule has 0 aromatic carbocycles. The molecule has 208 valence electrons. The quantitative estimate of drug-likeness (QED) is 0.532. The lowest BCUT2D eigenvalue weighted by molar-refractivity contribution is -0.288. The summed E-state index contributed by atoms with van der Waals surface area (Å²) < 4.78 is 95.8. The number of carbonyl (C=O) groups excluding carboxylic acids is 2. The first-order valence-corrected chi connectivity index (χ1v) is 10.9. The monoisotopic (exact) mass is 558 g/mol. The molecular weight excluding hydrogens is 538 g/mol. The summed E-state index contributed by atoms with van der Waals surface area (Å²) in [7, 11) is 0. The second-order valence-corrected chi connectivity index (χ2v) is 9.30. The summed E-state index contributed by atoms with van der Waals surface area (Å²) >= 11 is 0. The molecule has 2 amide bonds. The molecule has 39 heavy (non-hydrogen) atoms. The zero-order valence-electron chi connectivity index (χ0n) is 20.7. The molecule has 2 aromatic rings. The molecule has 2 atom stereocenters. The highest BCUT2D eigenvalue weighted by atomic mass is 19.4. The zero-order chi connectivity index (χ0) is 29.4. The van der Waals surface area contributed by atoms with Crippen molar-refractivity contribution in [1.82, 2.24) is 15.3 Å². The average Bonchev–Trinajstić information content (AvgIpc) is 2.80. The number of nitrogens with one attached hydrogen (secondary N) is 2. The van der Waals surface area contributed by atoms with Gasteiger partial charge in [-0.25, -0.2) is 29.5 Å². The minimum absolute atomic E-state index is 0.135. The van der Waals surface area contributed by atoms with Gasteiger partial charge in [0.05, 0.1) is 5.56 Å². The molecule has 0 aliphatic carbocycles. The Balaban J connectivity index is 2.05. The first kappa shape index (κ1) is 29.1. The molecular formula is C23H20F6N6O4. The SMILES string of the molecule is CC(C)(C)OC(=O)NC1=N[C@](C)(c2nc(NC(=O)c3ccc(C#N)cn3)ccc2F)C(F)(F)[C@H](C(F)(F)F)O1. The third-order valence-electron chi connectivity index (χ3n) is 5.11. The Hall–Kier alpha value is -4.42. The molecule has 0 spiro atoms. The lowest BCUT2D eigenvalue weighted by Crippen LogP contribution is -2.63. The Bertz CT molecular complexity index is 1350. The molecule has 2 aromatic heterocycles. The number of ether oxygens (including phenoxy) is 2. The molecule has 0 unspecified atom stereocenters. The highest BCUT2D eigenvalue weighted by molar-refractivity contribution is 6.02. The van der Waals surface area contributed by atoms with Gasteiger partial charge < -0.3 is 14.8 Å². The van der Waals surface area contributed by atoms with Crippen molar-refractivity contribution in [3.63, 3.8) is 0 Å². The Morgan fingerprint density at radius 2 is 1.79 bits per heavy atom. The highest BCUT2D eigenvalue weighted by Crippen LogP contribution is 2.51. The molecule has 1 aliphatic rings. The van der Waals surface area contributed by atoms with E-state index in [-0.39, 0.29) is 11.3 Å². The summed E-state index contributed by atoms with van der Waals surface area (Å²) in [5.74, 6) is -7.94. The maximum absolute atomic E-state index is 15.4. The molecule has 0 radical (unpaired) electrons. The van der Waals surface area contributed by atoms with Crippen LogP contribution in [-0.2, 0) is 15.0 Å². The van der Waals surface area contributed by atoms with E-state index in [0.717, 1.165) is 12.3 Å². The van der Waals surface area contributed by atoms with Crippen LogP contribution in [0.4, 0.5) is 37.0 Å². The first-order chi connectivity index (χ1) is 17.9. The lowest BCUT2D eigenvalue weighted by Gasteiger charge is -2.42. The van der Waals surface area contributed by atoms with Crippen LogP contribution in [0.2, 0.25) is 0 Å². The lowest BCUT2D eigenvalue weighted by atomic mass is 9.84. The molecule has 0 saturated heterocycles. The number of rotatable bonds is 3. The fraction of sp³-hybridized carbons (Fsp3) is 0.391. The van der Waals surface area contributed by atoms with Gasteiger partial charge in [0.25, 0.3) is 18.0 Å². The van der Waals surface area contributed by atoms with Crippen LogP contribution in [0, 0.1) is 17.1 Å². The molecule has 10 nitrogen and oxygen atoms in total. The van der Waals surface area contributed by atoms with E-state index >= 15 is 8.78 Å². The fourth-order valence-corrected chi connectivity index (χ4v) is 3.30. The number of carbonyl (C=O) groups is 2. The number of nitriles is 1. The number of halogens is 6. The van der Waals surface area contributed by atoms with Crippen LogP contribution in [0.5, 0.6) is 0 Å². The van der Waals surface area contributed by atoms with Gasteiger partial charge in [0.15, 0.2) is 5.54 Å². The van der Waals surface area contributed by atoms with Crippen LogP contribution in [0.25, 0.3) is 0 Å². The van der Waals surface area contributed by atoms with E-state index in [1.807, 2.05) is 0 Å². The number of hydrogen-bond donors (Lipinski definition) is 2. The molecule has 2 N–H and O–H groups in total. The number of amidine groups is 1. The fourth-order valence-electron chi connectivity index (χ4n) is 3.30. The van der Waals surface area contributed by atoms with Crippen molar-refractivity contribution in [1.29, 1.82) is 5.26 Å². The Morgan fingerprint density at radius 1 is 1.13 bits per heavy atom. The van der Waals surface area contributed by atoms with Crippen LogP contribution in [-0.4, -0.2) is 51.8 Å². The summed E-state index contributed by atoms with van der Waals surface area (Å²) in [5.41, 5.74) is -5.91. The smallest absolute Gasteiger partial charge is 0.431 e. The van der Waals surface area contributed by atoms with Gasteiger partial charge in [-0.15, -0.1) is 0 Å². The number of amides is 2. The first-order valence-electron chi connectivity index (χ1n) is 10.9. The van der Waals surface area contributed by atoms with Crippen molar-refractivity contribution >= 4 is 23.8 Å². The summed E-state index contributed by atoms with van der Waals surface area (Å²) in [5, 5.41) is 12.7. The van der Waals surface area contributed by atoms with Crippen molar-refractivity contribution in [2.45, 2.75) is 57.0 Å². The van der Waals surface area contributed by atoms with Gasteiger partial charge in [0, 0.05) is 6.20 Å². The van der Waals surface area contributed by atoms with Crippen molar-refractivity contribution < 1.29 is 45.4 Å². The topological polar surface area (TPSA) is 139 Å². The van der Waals surface area contributed by atoms with E-state index in [1.54, 1.807) is 11.4 Å². The maximum atomic E-state index is 15.4. The Labute approximate surface area is 217 Å². The number of aromatic nitrogens is 2. The number of pyridine rings is 2. The largest absolute Gasteiger partial charge is 0.445 e. The molecule has 1 aliphatic heterocycles. The third-order valence-corrected chi connectivity index (χ3v) is 5.11. The summed E-state index contributed by atoms with van der Waals surface area (Å²) in [6, 6.07) is 4.35. The second kappa shape index (κ2) is 10.0. The van der Waals surface area contributed by atoms with Crippen molar-refractivity contribution in [3.8, 4) is 6.07 Å². The molecule has 0 saturated carbocycles. The van der Waals surface area contributed by atoms with Crippen LogP contribution >= 0.6 is 0 Å². The minimum atomic E-state index is -5.70. The van der Waals surface area contributed by atoms with Crippen LogP contribution in [0.1, 0.15) is 49.4 Å². The van der Waals surface area contributed by atoms with Crippen LogP contribution in [0.15, 0.2) is 35.5 Å². The van der Waals surface area contributed by atoms with Gasteiger partial charge >= 0.3 is 18.2 Å². The molecule has 3 rings (SSSR count). The molecule has 3 heterocycles. The number of alkyl carbamates (subject to hydrolysis) is 1. The van der Waals surface area contributed by atoms with E-state index in [2.05, 4.69) is 25.0 Å². The van der Waals surface area contributed by atoms with Crippen molar-refractivity contribution in [2.75, 3.05) is 5.32 Å².